The van der Waals surface area contributed by atoms with E-state index in [1.165, 1.54) is 4.90 Å². The SMILES string of the molecule is O=C(O)CC1CCCCN1C(=O)Cc1cc(=O)[nH]c(=O)[nH]1. The van der Waals surface area contributed by atoms with Crippen molar-refractivity contribution in [3.8, 4) is 0 Å². The number of aliphatic carboxylic acids is 1. The molecule has 1 aromatic rings. The zero-order valence-corrected chi connectivity index (χ0v) is 11.4. The van der Waals surface area contributed by atoms with Crippen LogP contribution in [0.2, 0.25) is 0 Å². The lowest BCUT2D eigenvalue weighted by atomic mass is 9.98. The molecule has 1 aromatic heterocycles. The smallest absolute Gasteiger partial charge is 0.325 e. The molecule has 2 heterocycles. The molecule has 0 spiro atoms. The van der Waals surface area contributed by atoms with E-state index in [9.17, 15) is 19.2 Å². The van der Waals surface area contributed by atoms with Gasteiger partial charge in [-0.05, 0) is 19.3 Å². The summed E-state index contributed by atoms with van der Waals surface area (Å²) in [7, 11) is 0. The predicted octanol–water partition coefficient (Wildman–Crippen LogP) is -0.538. The Balaban J connectivity index is 2.11. The fraction of sp³-hybridized carbons (Fsp3) is 0.538. The number of H-pyrrole nitrogens is 2. The number of carbonyl (C=O) groups excluding carboxylic acids is 1. The molecule has 1 aliphatic rings. The second kappa shape index (κ2) is 6.38. The van der Waals surface area contributed by atoms with Crippen molar-refractivity contribution in [1.29, 1.82) is 0 Å². The number of carboxylic acids is 1. The normalized spacial score (nSPS) is 18.5. The summed E-state index contributed by atoms with van der Waals surface area (Å²) in [5.74, 6) is -1.22. The number of nitrogens with one attached hydrogen (secondary N) is 2. The molecule has 0 saturated carbocycles. The third-order valence-electron chi connectivity index (χ3n) is 3.52. The molecule has 1 fully saturated rings. The molecule has 114 valence electrons. The highest BCUT2D eigenvalue weighted by atomic mass is 16.4. The Kier molecular flexibility index (Phi) is 4.56. The number of hydrogen-bond donors (Lipinski definition) is 3. The number of aromatic amines is 2. The summed E-state index contributed by atoms with van der Waals surface area (Å²) in [4.78, 5) is 51.5. The zero-order valence-electron chi connectivity index (χ0n) is 11.4. The molecule has 2 rings (SSSR count). The van der Waals surface area contributed by atoms with Gasteiger partial charge in [0.05, 0.1) is 12.8 Å². The van der Waals surface area contributed by atoms with Crippen LogP contribution in [0.1, 0.15) is 31.4 Å². The molecular formula is C13H17N3O5. The lowest BCUT2D eigenvalue weighted by Gasteiger charge is -2.35. The fourth-order valence-corrected chi connectivity index (χ4v) is 2.62. The highest BCUT2D eigenvalue weighted by molar-refractivity contribution is 5.79. The monoisotopic (exact) mass is 295 g/mol. The van der Waals surface area contributed by atoms with Gasteiger partial charge in [-0.2, -0.15) is 0 Å². The van der Waals surface area contributed by atoms with Gasteiger partial charge in [-0.25, -0.2) is 4.79 Å². The van der Waals surface area contributed by atoms with Crippen molar-refractivity contribution in [3.05, 3.63) is 32.6 Å². The summed E-state index contributed by atoms with van der Waals surface area (Å²) in [6, 6.07) is 0.840. The highest BCUT2D eigenvalue weighted by Crippen LogP contribution is 2.20. The maximum absolute atomic E-state index is 12.3. The van der Waals surface area contributed by atoms with Crippen molar-refractivity contribution in [2.45, 2.75) is 38.1 Å². The molecule has 1 unspecified atom stereocenters. The molecule has 0 radical (unpaired) electrons. The molecule has 21 heavy (non-hydrogen) atoms. The van der Waals surface area contributed by atoms with E-state index in [4.69, 9.17) is 5.11 Å². The van der Waals surface area contributed by atoms with Crippen LogP contribution in [0.25, 0.3) is 0 Å². The summed E-state index contributed by atoms with van der Waals surface area (Å²) >= 11 is 0. The summed E-state index contributed by atoms with van der Waals surface area (Å²) in [5.41, 5.74) is -0.998. The second-order valence-electron chi connectivity index (χ2n) is 5.12. The Hall–Kier alpha value is -2.38. The average molecular weight is 295 g/mol. The van der Waals surface area contributed by atoms with E-state index in [2.05, 4.69) is 4.98 Å². The topological polar surface area (TPSA) is 123 Å². The van der Waals surface area contributed by atoms with Crippen LogP contribution in [-0.4, -0.2) is 44.4 Å². The van der Waals surface area contributed by atoms with Crippen LogP contribution in [0.4, 0.5) is 0 Å². The predicted molar refractivity (Wildman–Crippen MR) is 73.0 cm³/mol. The Morgan fingerprint density at radius 3 is 2.71 bits per heavy atom. The van der Waals surface area contributed by atoms with Crippen molar-refractivity contribution in [3.63, 3.8) is 0 Å². The van der Waals surface area contributed by atoms with E-state index in [-0.39, 0.29) is 30.5 Å². The molecule has 8 heteroatoms. The van der Waals surface area contributed by atoms with Crippen molar-refractivity contribution < 1.29 is 14.7 Å². The van der Waals surface area contributed by atoms with Crippen LogP contribution in [0.15, 0.2) is 15.7 Å². The molecule has 0 aromatic carbocycles. The lowest BCUT2D eigenvalue weighted by molar-refractivity contribution is -0.141. The van der Waals surface area contributed by atoms with Crippen LogP contribution in [0, 0.1) is 0 Å². The molecule has 0 bridgehead atoms. The van der Waals surface area contributed by atoms with Crippen LogP contribution in [0.3, 0.4) is 0 Å². The number of rotatable bonds is 4. The Bertz CT molecular complexity index is 619. The van der Waals surface area contributed by atoms with Gasteiger partial charge in [0.15, 0.2) is 0 Å². The highest BCUT2D eigenvalue weighted by Gasteiger charge is 2.28. The standard InChI is InChI=1S/C13H17N3O5/c17-10-5-8(14-13(21)15-10)6-11(18)16-4-2-1-3-9(16)7-12(19)20/h5,9H,1-4,6-7H2,(H,19,20)(H2,14,15,17,21). The molecule has 8 nitrogen and oxygen atoms in total. The first kappa shape index (κ1) is 15.0. The Morgan fingerprint density at radius 2 is 2.05 bits per heavy atom. The van der Waals surface area contributed by atoms with Gasteiger partial charge in [0.1, 0.15) is 0 Å². The maximum atomic E-state index is 12.3. The number of carbonyl (C=O) groups is 2. The van der Waals surface area contributed by atoms with Crippen molar-refractivity contribution >= 4 is 11.9 Å². The van der Waals surface area contributed by atoms with E-state index in [1.807, 2.05) is 4.98 Å². The molecule has 1 saturated heterocycles. The van der Waals surface area contributed by atoms with E-state index in [1.54, 1.807) is 0 Å². The van der Waals surface area contributed by atoms with Gasteiger partial charge in [0.2, 0.25) is 5.91 Å². The van der Waals surface area contributed by atoms with Crippen LogP contribution in [-0.2, 0) is 16.0 Å². The minimum absolute atomic E-state index is 0.0857. The first-order valence-corrected chi connectivity index (χ1v) is 6.79. The summed E-state index contributed by atoms with van der Waals surface area (Å²) in [6.07, 6.45) is 2.17. The molecule has 3 N–H and O–H groups in total. The van der Waals surface area contributed by atoms with Crippen LogP contribution >= 0.6 is 0 Å². The van der Waals surface area contributed by atoms with Crippen LogP contribution < -0.4 is 11.2 Å². The number of aromatic nitrogens is 2. The quantitative estimate of drug-likeness (QED) is 0.688. The van der Waals surface area contributed by atoms with Gasteiger partial charge in [-0.1, -0.05) is 0 Å². The van der Waals surface area contributed by atoms with Gasteiger partial charge in [0.25, 0.3) is 5.56 Å². The van der Waals surface area contributed by atoms with Gasteiger partial charge in [-0.15, -0.1) is 0 Å². The lowest BCUT2D eigenvalue weighted by Crippen LogP contribution is -2.45. The molecule has 1 amide bonds. The van der Waals surface area contributed by atoms with E-state index < -0.39 is 17.2 Å². The zero-order chi connectivity index (χ0) is 15.4. The van der Waals surface area contributed by atoms with Crippen molar-refractivity contribution in [1.82, 2.24) is 14.9 Å². The summed E-state index contributed by atoms with van der Waals surface area (Å²) in [6.45, 7) is 0.504. The molecule has 1 atom stereocenters. The Morgan fingerprint density at radius 1 is 1.29 bits per heavy atom. The number of nitrogens with zero attached hydrogens (tertiary/aromatic N) is 1. The van der Waals surface area contributed by atoms with E-state index in [0.29, 0.717) is 13.0 Å². The molecular weight excluding hydrogens is 278 g/mol. The first-order chi connectivity index (χ1) is 9.95. The largest absolute Gasteiger partial charge is 0.481 e. The number of carboxylic acid groups (broad SMARTS) is 1. The van der Waals surface area contributed by atoms with Gasteiger partial charge in [0, 0.05) is 24.3 Å². The number of likely N-dealkylation sites (tertiary alicyclic amines) is 1. The van der Waals surface area contributed by atoms with Gasteiger partial charge >= 0.3 is 11.7 Å². The third-order valence-corrected chi connectivity index (χ3v) is 3.52. The maximum Gasteiger partial charge on any atom is 0.325 e. The number of piperidine rings is 1. The number of amides is 1. The summed E-state index contributed by atoms with van der Waals surface area (Å²) < 4.78 is 0. The fourth-order valence-electron chi connectivity index (χ4n) is 2.62. The first-order valence-electron chi connectivity index (χ1n) is 6.79. The van der Waals surface area contributed by atoms with Gasteiger partial charge in [-0.3, -0.25) is 19.4 Å². The van der Waals surface area contributed by atoms with Crippen molar-refractivity contribution in [2.75, 3.05) is 6.54 Å². The minimum Gasteiger partial charge on any atom is -0.481 e. The molecule has 0 aliphatic carbocycles. The van der Waals surface area contributed by atoms with Crippen molar-refractivity contribution in [2.24, 2.45) is 0 Å². The Labute approximate surface area is 119 Å². The summed E-state index contributed by atoms with van der Waals surface area (Å²) in [5, 5.41) is 8.90. The van der Waals surface area contributed by atoms with Crippen LogP contribution in [0.5, 0.6) is 0 Å². The molecule has 1 aliphatic heterocycles. The second-order valence-corrected chi connectivity index (χ2v) is 5.12. The van der Waals surface area contributed by atoms with E-state index >= 15 is 0 Å². The van der Waals surface area contributed by atoms with Gasteiger partial charge < -0.3 is 15.0 Å². The average Bonchev–Trinajstić information content (AvgIpc) is 2.37. The van der Waals surface area contributed by atoms with E-state index in [0.717, 1.165) is 18.9 Å². The minimum atomic E-state index is -0.940. The number of hydrogen-bond acceptors (Lipinski definition) is 4. The third kappa shape index (κ3) is 4.04.